The molecular formula is C18H24BrN3O4. The fraction of sp³-hybridized carbons (Fsp3) is 0.500. The van der Waals surface area contributed by atoms with Gasteiger partial charge in [-0.15, -0.1) is 0 Å². The van der Waals surface area contributed by atoms with Crippen LogP contribution in [0.5, 0.6) is 0 Å². The van der Waals surface area contributed by atoms with Crippen LogP contribution in [-0.4, -0.2) is 66.0 Å². The minimum atomic E-state index is -0.541. The third-order valence-corrected chi connectivity index (χ3v) is 4.26. The fourth-order valence-corrected chi connectivity index (χ4v) is 2.86. The molecule has 0 saturated carbocycles. The van der Waals surface area contributed by atoms with Crippen LogP contribution in [0.3, 0.4) is 0 Å². The van der Waals surface area contributed by atoms with E-state index in [1.165, 1.54) is 0 Å². The Hall–Kier alpha value is -2.09. The van der Waals surface area contributed by atoms with Crippen molar-refractivity contribution in [3.8, 4) is 0 Å². The summed E-state index contributed by atoms with van der Waals surface area (Å²) in [6, 6.07) is 6.96. The minimum absolute atomic E-state index is 0.0716. The van der Waals surface area contributed by atoms with Crippen molar-refractivity contribution in [2.45, 2.75) is 26.4 Å². The van der Waals surface area contributed by atoms with E-state index in [9.17, 15) is 14.4 Å². The third-order valence-electron chi connectivity index (χ3n) is 3.77. The molecule has 0 spiro atoms. The van der Waals surface area contributed by atoms with Crippen LogP contribution in [0.15, 0.2) is 28.7 Å². The molecule has 2 rings (SSSR count). The molecule has 1 fully saturated rings. The van der Waals surface area contributed by atoms with Gasteiger partial charge in [-0.3, -0.25) is 9.59 Å². The van der Waals surface area contributed by atoms with Crippen LogP contribution < -0.4 is 5.32 Å². The molecule has 26 heavy (non-hydrogen) atoms. The van der Waals surface area contributed by atoms with Gasteiger partial charge < -0.3 is 19.9 Å². The van der Waals surface area contributed by atoms with Crippen LogP contribution in [0.25, 0.3) is 0 Å². The van der Waals surface area contributed by atoms with E-state index in [1.54, 1.807) is 28.0 Å². The zero-order valence-corrected chi connectivity index (χ0v) is 16.8. The molecule has 142 valence electrons. The van der Waals surface area contributed by atoms with E-state index < -0.39 is 5.60 Å². The first-order valence-corrected chi connectivity index (χ1v) is 9.24. The van der Waals surface area contributed by atoms with Crippen molar-refractivity contribution in [3.05, 3.63) is 34.3 Å². The molecular weight excluding hydrogens is 402 g/mol. The summed E-state index contributed by atoms with van der Waals surface area (Å²) in [7, 11) is 0. The maximum absolute atomic E-state index is 12.3. The van der Waals surface area contributed by atoms with E-state index in [0.717, 1.165) is 4.47 Å². The zero-order chi connectivity index (χ0) is 19.3. The van der Waals surface area contributed by atoms with Gasteiger partial charge in [-0.2, -0.15) is 0 Å². The molecule has 0 radical (unpaired) electrons. The molecule has 1 heterocycles. The van der Waals surface area contributed by atoms with Gasteiger partial charge in [0.15, 0.2) is 0 Å². The predicted octanol–water partition coefficient (Wildman–Crippen LogP) is 2.26. The molecule has 0 aliphatic carbocycles. The number of amides is 3. The van der Waals surface area contributed by atoms with Gasteiger partial charge in [-0.1, -0.05) is 22.0 Å². The number of piperazine rings is 1. The average molecular weight is 426 g/mol. The Labute approximate surface area is 161 Å². The van der Waals surface area contributed by atoms with E-state index in [0.29, 0.717) is 31.7 Å². The molecule has 1 aromatic carbocycles. The lowest BCUT2D eigenvalue weighted by Gasteiger charge is -2.35. The van der Waals surface area contributed by atoms with Gasteiger partial charge >= 0.3 is 6.09 Å². The number of halogens is 1. The number of benzene rings is 1. The molecule has 7 nitrogen and oxygen atoms in total. The van der Waals surface area contributed by atoms with E-state index >= 15 is 0 Å². The smallest absolute Gasteiger partial charge is 0.410 e. The number of ether oxygens (including phenoxy) is 1. The van der Waals surface area contributed by atoms with Gasteiger partial charge in [0.05, 0.1) is 6.54 Å². The summed E-state index contributed by atoms with van der Waals surface area (Å²) < 4.78 is 6.13. The standard InChI is InChI=1S/C18H24BrN3O4/c1-18(2,3)26-17(25)22-9-7-21(8-10-22)15(23)12-20-16(24)13-5-4-6-14(19)11-13/h4-6,11H,7-10,12H2,1-3H3,(H,20,24). The van der Waals surface area contributed by atoms with Gasteiger partial charge in [0.2, 0.25) is 5.91 Å². The molecule has 0 bridgehead atoms. The van der Waals surface area contributed by atoms with Crippen molar-refractivity contribution >= 4 is 33.8 Å². The van der Waals surface area contributed by atoms with Crippen LogP contribution in [0, 0.1) is 0 Å². The second-order valence-corrected chi connectivity index (χ2v) is 7.96. The highest BCUT2D eigenvalue weighted by atomic mass is 79.9. The van der Waals surface area contributed by atoms with Gasteiger partial charge in [-0.05, 0) is 39.0 Å². The Morgan fingerprint density at radius 1 is 1.12 bits per heavy atom. The second-order valence-electron chi connectivity index (χ2n) is 7.04. The molecule has 1 N–H and O–H groups in total. The Bertz CT molecular complexity index is 679. The topological polar surface area (TPSA) is 79.0 Å². The molecule has 8 heteroatoms. The van der Waals surface area contributed by atoms with E-state index in [4.69, 9.17) is 4.74 Å². The number of hydrogen-bond donors (Lipinski definition) is 1. The van der Waals surface area contributed by atoms with Crippen molar-refractivity contribution in [3.63, 3.8) is 0 Å². The van der Waals surface area contributed by atoms with Crippen molar-refractivity contribution in [1.82, 2.24) is 15.1 Å². The van der Waals surface area contributed by atoms with Crippen molar-refractivity contribution in [2.24, 2.45) is 0 Å². The lowest BCUT2D eigenvalue weighted by molar-refractivity contribution is -0.131. The molecule has 0 unspecified atom stereocenters. The van der Waals surface area contributed by atoms with Crippen molar-refractivity contribution < 1.29 is 19.1 Å². The largest absolute Gasteiger partial charge is 0.444 e. The minimum Gasteiger partial charge on any atom is -0.444 e. The number of hydrogen-bond acceptors (Lipinski definition) is 4. The number of nitrogens with zero attached hydrogens (tertiary/aromatic N) is 2. The first-order valence-electron chi connectivity index (χ1n) is 8.45. The Morgan fingerprint density at radius 2 is 1.73 bits per heavy atom. The predicted molar refractivity (Wildman–Crippen MR) is 101 cm³/mol. The number of nitrogens with one attached hydrogen (secondary N) is 1. The summed E-state index contributed by atoms with van der Waals surface area (Å²) in [5, 5.41) is 2.63. The van der Waals surface area contributed by atoms with E-state index in [1.807, 2.05) is 26.8 Å². The maximum Gasteiger partial charge on any atom is 0.410 e. The van der Waals surface area contributed by atoms with Crippen LogP contribution >= 0.6 is 15.9 Å². The molecule has 0 atom stereocenters. The average Bonchev–Trinajstić information content (AvgIpc) is 2.58. The summed E-state index contributed by atoms with van der Waals surface area (Å²) >= 11 is 3.31. The van der Waals surface area contributed by atoms with Crippen LogP contribution in [0.2, 0.25) is 0 Å². The molecule has 3 amide bonds. The summed E-state index contributed by atoms with van der Waals surface area (Å²) in [5.74, 6) is -0.468. The SMILES string of the molecule is CC(C)(C)OC(=O)N1CCN(C(=O)CNC(=O)c2cccc(Br)c2)CC1. The fourth-order valence-electron chi connectivity index (χ4n) is 2.46. The van der Waals surface area contributed by atoms with Crippen molar-refractivity contribution in [1.29, 1.82) is 0 Å². The molecule has 0 aromatic heterocycles. The normalized spacial score (nSPS) is 14.8. The van der Waals surface area contributed by atoms with Gasteiger partial charge in [0.25, 0.3) is 5.91 Å². The monoisotopic (exact) mass is 425 g/mol. The van der Waals surface area contributed by atoms with Crippen LogP contribution in [0.1, 0.15) is 31.1 Å². The van der Waals surface area contributed by atoms with E-state index in [-0.39, 0.29) is 24.5 Å². The lowest BCUT2D eigenvalue weighted by Crippen LogP contribution is -2.53. The summed E-state index contributed by atoms with van der Waals surface area (Å²) in [6.45, 7) is 7.06. The third kappa shape index (κ3) is 6.01. The van der Waals surface area contributed by atoms with Gasteiger partial charge in [-0.25, -0.2) is 4.79 Å². The molecule has 1 saturated heterocycles. The highest BCUT2D eigenvalue weighted by molar-refractivity contribution is 9.10. The molecule has 1 aliphatic rings. The Kier molecular flexibility index (Phi) is 6.63. The zero-order valence-electron chi connectivity index (χ0n) is 15.3. The number of carbonyl (C=O) groups is 3. The van der Waals surface area contributed by atoms with E-state index in [2.05, 4.69) is 21.2 Å². The van der Waals surface area contributed by atoms with Gasteiger partial charge in [0.1, 0.15) is 5.60 Å². The van der Waals surface area contributed by atoms with Crippen LogP contribution in [0.4, 0.5) is 4.79 Å². The lowest BCUT2D eigenvalue weighted by atomic mass is 10.2. The maximum atomic E-state index is 12.3. The highest BCUT2D eigenvalue weighted by Crippen LogP contribution is 2.13. The summed E-state index contributed by atoms with van der Waals surface area (Å²) in [6.07, 6.45) is -0.368. The first-order chi connectivity index (χ1) is 12.2. The van der Waals surface area contributed by atoms with Crippen molar-refractivity contribution in [2.75, 3.05) is 32.7 Å². The summed E-state index contributed by atoms with van der Waals surface area (Å²) in [4.78, 5) is 39.6. The van der Waals surface area contributed by atoms with Gasteiger partial charge in [0, 0.05) is 36.2 Å². The number of rotatable bonds is 3. The van der Waals surface area contributed by atoms with Crippen LogP contribution in [-0.2, 0) is 9.53 Å². The Morgan fingerprint density at radius 3 is 2.31 bits per heavy atom. The Balaban J connectivity index is 1.78. The molecule has 1 aliphatic heterocycles. The summed E-state index contributed by atoms with van der Waals surface area (Å²) in [5.41, 5.74) is -0.0530. The second kappa shape index (κ2) is 8.53. The molecule has 1 aromatic rings. The quantitative estimate of drug-likeness (QED) is 0.805. The number of carbonyl (C=O) groups excluding carboxylic acids is 3. The first kappa shape index (κ1) is 20.2. The highest BCUT2D eigenvalue weighted by Gasteiger charge is 2.27.